The quantitative estimate of drug-likeness (QED) is 0.666. The lowest BCUT2D eigenvalue weighted by Crippen LogP contribution is -2.37. The van der Waals surface area contributed by atoms with Gasteiger partial charge in [-0.1, -0.05) is 0 Å². The summed E-state index contributed by atoms with van der Waals surface area (Å²) in [4.78, 5) is 2.65. The SMILES string of the molecule is C1CNCCN(CC2CCNCC2)C1. The minimum atomic E-state index is 0.953. The van der Waals surface area contributed by atoms with Gasteiger partial charge < -0.3 is 15.5 Å². The van der Waals surface area contributed by atoms with Gasteiger partial charge in [0, 0.05) is 19.6 Å². The summed E-state index contributed by atoms with van der Waals surface area (Å²) in [7, 11) is 0. The van der Waals surface area contributed by atoms with Crippen LogP contribution < -0.4 is 10.6 Å². The largest absolute Gasteiger partial charge is 0.317 e. The van der Waals surface area contributed by atoms with E-state index in [2.05, 4.69) is 15.5 Å². The second-order valence-electron chi connectivity index (χ2n) is 4.60. The van der Waals surface area contributed by atoms with Crippen molar-refractivity contribution in [2.24, 2.45) is 5.92 Å². The predicted molar refractivity (Wildman–Crippen MR) is 59.5 cm³/mol. The molecule has 82 valence electrons. The Morgan fingerprint density at radius 3 is 2.57 bits per heavy atom. The number of hydrogen-bond acceptors (Lipinski definition) is 3. The third-order valence-electron chi connectivity index (χ3n) is 3.41. The van der Waals surface area contributed by atoms with Gasteiger partial charge in [-0.05, 0) is 51.4 Å². The first-order valence-corrected chi connectivity index (χ1v) is 6.09. The average molecular weight is 197 g/mol. The molecule has 2 rings (SSSR count). The molecule has 0 radical (unpaired) electrons. The molecule has 2 N–H and O–H groups in total. The number of piperidine rings is 1. The molecule has 0 aromatic carbocycles. The predicted octanol–water partition coefficient (Wildman–Crippen LogP) is 0.281. The second kappa shape index (κ2) is 5.69. The highest BCUT2D eigenvalue weighted by Crippen LogP contribution is 2.13. The smallest absolute Gasteiger partial charge is 0.0107 e. The molecule has 2 fully saturated rings. The molecule has 0 unspecified atom stereocenters. The number of hydrogen-bond donors (Lipinski definition) is 2. The van der Waals surface area contributed by atoms with Crippen molar-refractivity contribution in [1.29, 1.82) is 0 Å². The second-order valence-corrected chi connectivity index (χ2v) is 4.60. The fraction of sp³-hybridized carbons (Fsp3) is 1.00. The molecule has 2 saturated heterocycles. The molecule has 0 aliphatic carbocycles. The Hall–Kier alpha value is -0.120. The average Bonchev–Trinajstić information content (AvgIpc) is 2.48. The lowest BCUT2D eigenvalue weighted by Gasteiger charge is -2.28. The third-order valence-corrected chi connectivity index (χ3v) is 3.41. The van der Waals surface area contributed by atoms with Crippen LogP contribution in [0.15, 0.2) is 0 Å². The van der Waals surface area contributed by atoms with Crippen molar-refractivity contribution in [3.05, 3.63) is 0 Å². The van der Waals surface area contributed by atoms with Crippen molar-refractivity contribution in [3.8, 4) is 0 Å². The van der Waals surface area contributed by atoms with Gasteiger partial charge in [0.05, 0.1) is 0 Å². The van der Waals surface area contributed by atoms with E-state index in [-0.39, 0.29) is 0 Å². The summed E-state index contributed by atoms with van der Waals surface area (Å²) in [5.74, 6) is 0.953. The molecule has 0 amide bonds. The van der Waals surface area contributed by atoms with Gasteiger partial charge >= 0.3 is 0 Å². The molecule has 0 aromatic heterocycles. The van der Waals surface area contributed by atoms with E-state index in [0.29, 0.717) is 0 Å². The van der Waals surface area contributed by atoms with Crippen LogP contribution in [-0.4, -0.2) is 50.7 Å². The maximum atomic E-state index is 3.46. The fourth-order valence-corrected chi connectivity index (χ4v) is 2.51. The highest BCUT2D eigenvalue weighted by atomic mass is 15.2. The summed E-state index contributed by atoms with van der Waals surface area (Å²) in [6, 6.07) is 0. The van der Waals surface area contributed by atoms with Crippen LogP contribution >= 0.6 is 0 Å². The Morgan fingerprint density at radius 2 is 1.71 bits per heavy atom. The zero-order valence-electron chi connectivity index (χ0n) is 9.10. The van der Waals surface area contributed by atoms with E-state index in [1.165, 1.54) is 65.1 Å². The maximum Gasteiger partial charge on any atom is 0.0107 e. The Bertz CT molecular complexity index is 147. The van der Waals surface area contributed by atoms with Crippen molar-refractivity contribution in [3.63, 3.8) is 0 Å². The van der Waals surface area contributed by atoms with Crippen LogP contribution in [0, 0.1) is 5.92 Å². The van der Waals surface area contributed by atoms with Crippen LogP contribution in [0.4, 0.5) is 0 Å². The van der Waals surface area contributed by atoms with Crippen LogP contribution in [0.1, 0.15) is 19.3 Å². The minimum absolute atomic E-state index is 0.953. The van der Waals surface area contributed by atoms with Crippen LogP contribution in [0.2, 0.25) is 0 Å². The van der Waals surface area contributed by atoms with Crippen LogP contribution in [0.5, 0.6) is 0 Å². The molecule has 14 heavy (non-hydrogen) atoms. The number of nitrogens with zero attached hydrogens (tertiary/aromatic N) is 1. The summed E-state index contributed by atoms with van der Waals surface area (Å²) in [6.07, 6.45) is 4.08. The number of rotatable bonds is 2. The van der Waals surface area contributed by atoms with Crippen molar-refractivity contribution in [2.45, 2.75) is 19.3 Å². The Morgan fingerprint density at radius 1 is 0.929 bits per heavy atom. The first-order chi connectivity index (χ1) is 6.95. The first kappa shape index (κ1) is 10.4. The van der Waals surface area contributed by atoms with Gasteiger partial charge in [-0.3, -0.25) is 0 Å². The fourth-order valence-electron chi connectivity index (χ4n) is 2.51. The summed E-state index contributed by atoms with van der Waals surface area (Å²) < 4.78 is 0. The van der Waals surface area contributed by atoms with E-state index in [0.717, 1.165) is 5.92 Å². The first-order valence-electron chi connectivity index (χ1n) is 6.09. The monoisotopic (exact) mass is 197 g/mol. The number of nitrogens with one attached hydrogen (secondary N) is 2. The van der Waals surface area contributed by atoms with E-state index < -0.39 is 0 Å². The molecule has 2 aliphatic heterocycles. The van der Waals surface area contributed by atoms with Gasteiger partial charge in [0.1, 0.15) is 0 Å². The topological polar surface area (TPSA) is 27.3 Å². The van der Waals surface area contributed by atoms with E-state index in [1.54, 1.807) is 0 Å². The summed E-state index contributed by atoms with van der Waals surface area (Å²) in [6.45, 7) is 8.76. The molecule has 3 nitrogen and oxygen atoms in total. The van der Waals surface area contributed by atoms with Crippen molar-refractivity contribution >= 4 is 0 Å². The van der Waals surface area contributed by atoms with Gasteiger partial charge in [-0.15, -0.1) is 0 Å². The Labute approximate surface area is 87.2 Å². The standard InChI is InChI=1S/C11H23N3/c1-4-12-7-9-14(8-1)10-11-2-5-13-6-3-11/h11-13H,1-10H2. The zero-order chi connectivity index (χ0) is 9.64. The van der Waals surface area contributed by atoms with E-state index in [1.807, 2.05) is 0 Å². The van der Waals surface area contributed by atoms with Crippen LogP contribution in [0.25, 0.3) is 0 Å². The van der Waals surface area contributed by atoms with E-state index in [9.17, 15) is 0 Å². The molecule has 0 aromatic rings. The molecular weight excluding hydrogens is 174 g/mol. The van der Waals surface area contributed by atoms with Gasteiger partial charge in [0.15, 0.2) is 0 Å². The molecule has 3 heteroatoms. The van der Waals surface area contributed by atoms with E-state index in [4.69, 9.17) is 0 Å². The molecule has 0 spiro atoms. The van der Waals surface area contributed by atoms with Crippen molar-refractivity contribution in [1.82, 2.24) is 15.5 Å². The molecular formula is C11H23N3. The molecule has 0 bridgehead atoms. The molecule has 2 heterocycles. The van der Waals surface area contributed by atoms with Crippen molar-refractivity contribution in [2.75, 3.05) is 45.8 Å². The minimum Gasteiger partial charge on any atom is -0.317 e. The van der Waals surface area contributed by atoms with Gasteiger partial charge in [-0.25, -0.2) is 0 Å². The van der Waals surface area contributed by atoms with Gasteiger partial charge in [0.2, 0.25) is 0 Å². The summed E-state index contributed by atoms with van der Waals surface area (Å²) >= 11 is 0. The maximum absolute atomic E-state index is 3.46. The van der Waals surface area contributed by atoms with Crippen LogP contribution in [0.3, 0.4) is 0 Å². The van der Waals surface area contributed by atoms with Crippen LogP contribution in [-0.2, 0) is 0 Å². The zero-order valence-corrected chi connectivity index (χ0v) is 9.10. The molecule has 0 saturated carbocycles. The third kappa shape index (κ3) is 3.23. The molecule has 0 atom stereocenters. The van der Waals surface area contributed by atoms with E-state index >= 15 is 0 Å². The molecule has 2 aliphatic rings. The van der Waals surface area contributed by atoms with Crippen molar-refractivity contribution < 1.29 is 0 Å². The Kier molecular flexibility index (Phi) is 4.22. The summed E-state index contributed by atoms with van der Waals surface area (Å²) in [5, 5.41) is 6.89. The summed E-state index contributed by atoms with van der Waals surface area (Å²) in [5.41, 5.74) is 0. The van der Waals surface area contributed by atoms with Gasteiger partial charge in [-0.2, -0.15) is 0 Å². The lowest BCUT2D eigenvalue weighted by atomic mass is 9.97. The normalized spacial score (nSPS) is 27.4. The van der Waals surface area contributed by atoms with Gasteiger partial charge in [0.25, 0.3) is 0 Å². The highest BCUT2D eigenvalue weighted by Gasteiger charge is 2.17. The lowest BCUT2D eigenvalue weighted by molar-refractivity contribution is 0.216. The Balaban J connectivity index is 1.71. The highest BCUT2D eigenvalue weighted by molar-refractivity contribution is 4.74.